The van der Waals surface area contributed by atoms with Crippen molar-refractivity contribution in [2.75, 3.05) is 5.32 Å². The molecule has 0 saturated carbocycles. The van der Waals surface area contributed by atoms with Crippen molar-refractivity contribution in [1.29, 1.82) is 0 Å². The van der Waals surface area contributed by atoms with Gasteiger partial charge in [0.25, 0.3) is 0 Å². The maximum atomic E-state index is 6.01. The van der Waals surface area contributed by atoms with E-state index in [4.69, 9.17) is 11.6 Å². The molecule has 4 aromatic rings. The fourth-order valence-electron chi connectivity index (χ4n) is 2.58. The standard InChI is InChI=1S/C17H13ClN2S/c18-13-1-3-15-12(10-20-16(15)8-13)9-19-14-2-4-17-11(7-14)5-6-21-17/h1-8,10,19-20H,9H2. The zero-order valence-electron chi connectivity index (χ0n) is 11.2. The highest BCUT2D eigenvalue weighted by Crippen LogP contribution is 2.26. The van der Waals surface area contributed by atoms with Gasteiger partial charge in [-0.25, -0.2) is 0 Å². The Kier molecular flexibility index (Phi) is 3.09. The van der Waals surface area contributed by atoms with Gasteiger partial charge in [-0.1, -0.05) is 17.7 Å². The van der Waals surface area contributed by atoms with Crippen molar-refractivity contribution >= 4 is 49.6 Å². The van der Waals surface area contributed by atoms with Crippen LogP contribution in [0.4, 0.5) is 5.69 Å². The highest BCUT2D eigenvalue weighted by Gasteiger charge is 2.04. The predicted molar refractivity (Wildman–Crippen MR) is 92.5 cm³/mol. The molecule has 0 bridgehead atoms. The monoisotopic (exact) mass is 312 g/mol. The molecule has 2 aromatic heterocycles. The van der Waals surface area contributed by atoms with E-state index in [0.29, 0.717) is 0 Å². The van der Waals surface area contributed by atoms with Gasteiger partial charge in [0.05, 0.1) is 0 Å². The van der Waals surface area contributed by atoms with Gasteiger partial charge in [0.2, 0.25) is 0 Å². The lowest BCUT2D eigenvalue weighted by molar-refractivity contribution is 1.16. The minimum atomic E-state index is 0.756. The second kappa shape index (κ2) is 5.10. The van der Waals surface area contributed by atoms with Crippen LogP contribution in [0.1, 0.15) is 5.56 Å². The highest BCUT2D eigenvalue weighted by molar-refractivity contribution is 7.17. The summed E-state index contributed by atoms with van der Waals surface area (Å²) in [6, 6.07) is 14.6. The molecule has 0 unspecified atom stereocenters. The Hall–Kier alpha value is -1.97. The molecule has 0 atom stereocenters. The zero-order valence-corrected chi connectivity index (χ0v) is 12.8. The van der Waals surface area contributed by atoms with Crippen molar-refractivity contribution in [2.24, 2.45) is 0 Å². The van der Waals surface area contributed by atoms with Gasteiger partial charge in [0.15, 0.2) is 0 Å². The number of aromatic amines is 1. The first kappa shape index (κ1) is 12.7. The van der Waals surface area contributed by atoms with E-state index in [1.165, 1.54) is 21.0 Å². The van der Waals surface area contributed by atoms with Crippen molar-refractivity contribution in [3.8, 4) is 0 Å². The van der Waals surface area contributed by atoms with Gasteiger partial charge in [-0.3, -0.25) is 0 Å². The third-order valence-corrected chi connectivity index (χ3v) is 4.80. The highest BCUT2D eigenvalue weighted by atomic mass is 35.5. The Morgan fingerprint density at radius 2 is 2.05 bits per heavy atom. The van der Waals surface area contributed by atoms with Gasteiger partial charge in [-0.05, 0) is 52.7 Å². The van der Waals surface area contributed by atoms with Gasteiger partial charge in [0, 0.05) is 39.1 Å². The van der Waals surface area contributed by atoms with Gasteiger partial charge in [0.1, 0.15) is 0 Å². The Balaban J connectivity index is 1.60. The lowest BCUT2D eigenvalue weighted by atomic mass is 10.1. The van der Waals surface area contributed by atoms with Crippen LogP contribution in [0.15, 0.2) is 54.0 Å². The molecular weight excluding hydrogens is 300 g/mol. The summed E-state index contributed by atoms with van der Waals surface area (Å²) in [4.78, 5) is 3.27. The molecule has 0 spiro atoms. The molecule has 4 rings (SSSR count). The minimum absolute atomic E-state index is 0.756. The first-order chi connectivity index (χ1) is 10.3. The summed E-state index contributed by atoms with van der Waals surface area (Å²) in [5.41, 5.74) is 3.46. The largest absolute Gasteiger partial charge is 0.381 e. The molecule has 0 saturated heterocycles. The van der Waals surface area contributed by atoms with E-state index in [0.717, 1.165) is 22.8 Å². The number of nitrogens with one attached hydrogen (secondary N) is 2. The van der Waals surface area contributed by atoms with Crippen molar-refractivity contribution in [3.63, 3.8) is 0 Å². The molecule has 0 aliphatic rings. The van der Waals surface area contributed by atoms with E-state index < -0.39 is 0 Å². The van der Waals surface area contributed by atoms with Crippen molar-refractivity contribution in [3.05, 3.63) is 64.6 Å². The number of benzene rings is 2. The average molecular weight is 313 g/mol. The van der Waals surface area contributed by atoms with E-state index in [1.807, 2.05) is 18.3 Å². The molecule has 0 aliphatic carbocycles. The van der Waals surface area contributed by atoms with E-state index in [9.17, 15) is 0 Å². The van der Waals surface area contributed by atoms with Crippen LogP contribution in [-0.2, 0) is 6.54 Å². The summed E-state index contributed by atoms with van der Waals surface area (Å²) < 4.78 is 1.32. The molecule has 0 aliphatic heterocycles. The van der Waals surface area contributed by atoms with Crippen LogP contribution in [0.3, 0.4) is 0 Å². The number of H-pyrrole nitrogens is 1. The summed E-state index contributed by atoms with van der Waals surface area (Å²) >= 11 is 7.78. The summed E-state index contributed by atoms with van der Waals surface area (Å²) in [5.74, 6) is 0. The summed E-state index contributed by atoms with van der Waals surface area (Å²) in [6.07, 6.45) is 2.04. The number of rotatable bonds is 3. The van der Waals surface area contributed by atoms with Crippen LogP contribution < -0.4 is 5.32 Å². The number of aromatic nitrogens is 1. The topological polar surface area (TPSA) is 27.8 Å². The van der Waals surface area contributed by atoms with E-state index in [1.54, 1.807) is 11.3 Å². The SMILES string of the molecule is Clc1ccc2c(CNc3ccc4sccc4c3)c[nH]c2c1. The minimum Gasteiger partial charge on any atom is -0.381 e. The van der Waals surface area contributed by atoms with Gasteiger partial charge in [-0.15, -0.1) is 11.3 Å². The Morgan fingerprint density at radius 1 is 1.10 bits per heavy atom. The van der Waals surface area contributed by atoms with Crippen molar-refractivity contribution in [2.45, 2.75) is 6.54 Å². The summed E-state index contributed by atoms with van der Waals surface area (Å²) in [7, 11) is 0. The molecule has 2 nitrogen and oxygen atoms in total. The van der Waals surface area contributed by atoms with Gasteiger partial charge in [-0.2, -0.15) is 0 Å². The van der Waals surface area contributed by atoms with E-state index >= 15 is 0 Å². The van der Waals surface area contributed by atoms with E-state index in [2.05, 4.69) is 46.0 Å². The first-order valence-electron chi connectivity index (χ1n) is 6.76. The lowest BCUT2D eigenvalue weighted by Crippen LogP contribution is -1.98. The zero-order chi connectivity index (χ0) is 14.2. The van der Waals surface area contributed by atoms with Crippen LogP contribution in [-0.4, -0.2) is 4.98 Å². The Morgan fingerprint density at radius 3 is 3.00 bits per heavy atom. The average Bonchev–Trinajstić information content (AvgIpc) is 3.10. The third-order valence-electron chi connectivity index (χ3n) is 3.66. The van der Waals surface area contributed by atoms with Crippen LogP contribution in [0.2, 0.25) is 5.02 Å². The fraction of sp³-hybridized carbons (Fsp3) is 0.0588. The number of fused-ring (bicyclic) bond motifs is 2. The summed E-state index contributed by atoms with van der Waals surface area (Å²) in [6.45, 7) is 0.789. The van der Waals surface area contributed by atoms with Crippen LogP contribution >= 0.6 is 22.9 Å². The Bertz CT molecular complexity index is 923. The number of hydrogen-bond acceptors (Lipinski definition) is 2. The molecule has 4 heteroatoms. The smallest absolute Gasteiger partial charge is 0.0472 e. The Labute approximate surface area is 131 Å². The maximum absolute atomic E-state index is 6.01. The predicted octanol–water partition coefficient (Wildman–Crippen LogP) is 5.65. The van der Waals surface area contributed by atoms with Crippen LogP contribution in [0, 0.1) is 0 Å². The molecule has 104 valence electrons. The van der Waals surface area contributed by atoms with E-state index in [-0.39, 0.29) is 0 Å². The molecule has 0 amide bonds. The molecule has 0 fully saturated rings. The molecule has 2 heterocycles. The number of halogens is 1. The molecule has 2 aromatic carbocycles. The van der Waals surface area contributed by atoms with Crippen molar-refractivity contribution < 1.29 is 0 Å². The second-order valence-electron chi connectivity index (χ2n) is 5.03. The molecule has 2 N–H and O–H groups in total. The number of thiophene rings is 1. The normalized spacial score (nSPS) is 11.3. The van der Waals surface area contributed by atoms with Crippen molar-refractivity contribution in [1.82, 2.24) is 4.98 Å². The second-order valence-corrected chi connectivity index (χ2v) is 6.41. The number of anilines is 1. The molecular formula is C17H13ClN2S. The third kappa shape index (κ3) is 2.39. The number of hydrogen-bond donors (Lipinski definition) is 2. The first-order valence-corrected chi connectivity index (χ1v) is 8.02. The summed E-state index contributed by atoms with van der Waals surface area (Å²) in [5, 5.41) is 8.87. The maximum Gasteiger partial charge on any atom is 0.0472 e. The van der Waals surface area contributed by atoms with Gasteiger partial charge < -0.3 is 10.3 Å². The van der Waals surface area contributed by atoms with Crippen LogP contribution in [0.25, 0.3) is 21.0 Å². The van der Waals surface area contributed by atoms with Crippen LogP contribution in [0.5, 0.6) is 0 Å². The molecule has 21 heavy (non-hydrogen) atoms. The fourth-order valence-corrected chi connectivity index (χ4v) is 3.52. The quantitative estimate of drug-likeness (QED) is 0.503. The van der Waals surface area contributed by atoms with Gasteiger partial charge >= 0.3 is 0 Å². The lowest BCUT2D eigenvalue weighted by Gasteiger charge is -2.06. The molecule has 0 radical (unpaired) electrons.